The molecule has 10 heteroatoms. The molecule has 0 spiro atoms. The molecule has 0 aromatic heterocycles. The quantitative estimate of drug-likeness (QED) is 0.555. The van der Waals surface area contributed by atoms with E-state index in [-0.39, 0.29) is 12.2 Å². The number of amides is 1. The van der Waals surface area contributed by atoms with Crippen molar-refractivity contribution in [3.05, 3.63) is 68.7 Å². The fraction of sp³-hybridized carbons (Fsp3) is 0.235. The summed E-state index contributed by atoms with van der Waals surface area (Å²) in [4.78, 5) is 22.3. The predicted octanol–water partition coefficient (Wildman–Crippen LogP) is 4.38. The van der Waals surface area contributed by atoms with E-state index in [1.54, 1.807) is 24.3 Å². The molecule has 2 N–H and O–H groups in total. The third-order valence-electron chi connectivity index (χ3n) is 3.70. The summed E-state index contributed by atoms with van der Waals surface area (Å²) >= 11 is 5.99. The van der Waals surface area contributed by atoms with Crippen LogP contribution in [0.2, 0.25) is 5.02 Å². The van der Waals surface area contributed by atoms with Gasteiger partial charge < -0.3 is 10.6 Å². The Morgan fingerprint density at radius 2 is 1.93 bits per heavy atom. The minimum absolute atomic E-state index is 0.139. The maximum Gasteiger partial charge on any atom is 0.416 e. The molecule has 0 saturated heterocycles. The van der Waals surface area contributed by atoms with Gasteiger partial charge in [-0.2, -0.15) is 13.2 Å². The maximum atomic E-state index is 12.7. The van der Waals surface area contributed by atoms with E-state index in [4.69, 9.17) is 11.6 Å². The number of benzene rings is 2. The summed E-state index contributed by atoms with van der Waals surface area (Å²) in [5.74, 6) is -0.496. The Hall–Kier alpha value is -2.81. The molecule has 0 fully saturated rings. The van der Waals surface area contributed by atoms with Crippen molar-refractivity contribution in [3.63, 3.8) is 0 Å². The first-order valence-electron chi connectivity index (χ1n) is 7.73. The molecule has 6 nitrogen and oxygen atoms in total. The van der Waals surface area contributed by atoms with E-state index in [2.05, 4.69) is 10.6 Å². The molecule has 0 aliphatic heterocycles. The number of anilines is 1. The summed E-state index contributed by atoms with van der Waals surface area (Å²) in [6.45, 7) is 1.57. The van der Waals surface area contributed by atoms with Crippen molar-refractivity contribution in [3.8, 4) is 0 Å². The summed E-state index contributed by atoms with van der Waals surface area (Å²) in [7, 11) is 0. The number of rotatable bonds is 6. The van der Waals surface area contributed by atoms with Crippen molar-refractivity contribution in [2.24, 2.45) is 0 Å². The average molecular weight is 402 g/mol. The summed E-state index contributed by atoms with van der Waals surface area (Å²) < 4.78 is 38.2. The van der Waals surface area contributed by atoms with Crippen LogP contribution < -0.4 is 10.6 Å². The summed E-state index contributed by atoms with van der Waals surface area (Å²) in [5, 5.41) is 16.7. The lowest BCUT2D eigenvalue weighted by atomic mass is 10.1. The second kappa shape index (κ2) is 8.26. The molecular weight excluding hydrogens is 387 g/mol. The van der Waals surface area contributed by atoms with Gasteiger partial charge in [-0.1, -0.05) is 29.8 Å². The lowest BCUT2D eigenvalue weighted by Crippen LogP contribution is -2.37. The van der Waals surface area contributed by atoms with Gasteiger partial charge in [0.05, 0.1) is 10.5 Å². The van der Waals surface area contributed by atoms with Crippen LogP contribution in [0.15, 0.2) is 42.5 Å². The molecule has 1 atom stereocenters. The number of nitro benzene ring substituents is 1. The number of halogens is 4. The Labute approximate surface area is 157 Å². The lowest BCUT2D eigenvalue weighted by Gasteiger charge is -2.16. The van der Waals surface area contributed by atoms with E-state index < -0.39 is 34.3 Å². The van der Waals surface area contributed by atoms with Crippen LogP contribution in [-0.4, -0.2) is 16.9 Å². The molecule has 0 bridgehead atoms. The highest BCUT2D eigenvalue weighted by Gasteiger charge is 2.33. The summed E-state index contributed by atoms with van der Waals surface area (Å²) in [6.07, 6.45) is -4.71. The van der Waals surface area contributed by atoms with Crippen molar-refractivity contribution >= 4 is 28.9 Å². The van der Waals surface area contributed by atoms with Crippen LogP contribution in [-0.2, 0) is 17.5 Å². The number of nitrogens with zero attached hydrogens (tertiary/aromatic N) is 1. The van der Waals surface area contributed by atoms with Crippen LogP contribution in [0.5, 0.6) is 0 Å². The smallest absolute Gasteiger partial charge is 0.368 e. The minimum Gasteiger partial charge on any atom is -0.368 e. The van der Waals surface area contributed by atoms with Crippen molar-refractivity contribution in [2.75, 3.05) is 5.32 Å². The first-order chi connectivity index (χ1) is 12.6. The molecule has 1 amide bonds. The Morgan fingerprint density at radius 3 is 2.52 bits per heavy atom. The van der Waals surface area contributed by atoms with Crippen LogP contribution >= 0.6 is 11.6 Å². The Kier molecular flexibility index (Phi) is 6.27. The van der Waals surface area contributed by atoms with Gasteiger partial charge in [-0.05, 0) is 30.7 Å². The van der Waals surface area contributed by atoms with E-state index >= 15 is 0 Å². The van der Waals surface area contributed by atoms with E-state index in [1.807, 2.05) is 0 Å². The molecule has 0 radical (unpaired) electrons. The number of alkyl halides is 3. The summed E-state index contributed by atoms with van der Waals surface area (Å²) in [6, 6.07) is 8.02. The monoisotopic (exact) mass is 401 g/mol. The van der Waals surface area contributed by atoms with E-state index in [0.29, 0.717) is 22.7 Å². The number of hydrogen-bond donors (Lipinski definition) is 2. The first kappa shape index (κ1) is 20.5. The number of carbonyl (C=O) groups is 1. The third-order valence-corrected chi connectivity index (χ3v) is 4.07. The van der Waals surface area contributed by atoms with Crippen LogP contribution in [0.4, 0.5) is 24.5 Å². The number of nitrogens with one attached hydrogen (secondary N) is 2. The highest BCUT2D eigenvalue weighted by Crippen LogP contribution is 2.35. The number of hydrogen-bond acceptors (Lipinski definition) is 4. The standard InChI is InChI=1S/C17H15ClF3N3O3/c1-10(16(25)22-9-11-4-2-3-5-13(11)18)23-14-7-6-12(17(19,20)21)8-15(14)24(26)27/h2-8,10,23H,9H2,1H3,(H,22,25)/t10-/m0/s1. The molecular formula is C17H15ClF3N3O3. The van der Waals surface area contributed by atoms with Gasteiger partial charge in [0.2, 0.25) is 5.91 Å². The Morgan fingerprint density at radius 1 is 1.26 bits per heavy atom. The zero-order valence-corrected chi connectivity index (χ0v) is 14.8. The van der Waals surface area contributed by atoms with Gasteiger partial charge in [0, 0.05) is 17.6 Å². The van der Waals surface area contributed by atoms with E-state index in [0.717, 1.165) is 6.07 Å². The van der Waals surface area contributed by atoms with Crippen molar-refractivity contribution in [2.45, 2.75) is 25.7 Å². The zero-order valence-electron chi connectivity index (χ0n) is 14.0. The largest absolute Gasteiger partial charge is 0.416 e. The summed E-state index contributed by atoms with van der Waals surface area (Å²) in [5.41, 5.74) is -1.42. The van der Waals surface area contributed by atoms with E-state index in [9.17, 15) is 28.1 Å². The fourth-order valence-electron chi connectivity index (χ4n) is 2.26. The van der Waals surface area contributed by atoms with Crippen LogP contribution in [0.3, 0.4) is 0 Å². The van der Waals surface area contributed by atoms with Gasteiger partial charge in [-0.25, -0.2) is 0 Å². The van der Waals surface area contributed by atoms with Crippen LogP contribution in [0.25, 0.3) is 0 Å². The SMILES string of the molecule is C[C@H](Nc1ccc(C(F)(F)F)cc1[N+](=O)[O-])C(=O)NCc1ccccc1Cl. The van der Waals surface area contributed by atoms with Gasteiger partial charge in [-0.15, -0.1) is 0 Å². The molecule has 0 heterocycles. The minimum atomic E-state index is -4.71. The maximum absolute atomic E-state index is 12.7. The molecule has 0 aliphatic carbocycles. The highest BCUT2D eigenvalue weighted by atomic mass is 35.5. The van der Waals surface area contributed by atoms with Gasteiger partial charge in [0.15, 0.2) is 0 Å². The van der Waals surface area contributed by atoms with Gasteiger partial charge in [0.25, 0.3) is 5.69 Å². The molecule has 0 saturated carbocycles. The van der Waals surface area contributed by atoms with E-state index in [1.165, 1.54) is 6.92 Å². The fourth-order valence-corrected chi connectivity index (χ4v) is 2.46. The predicted molar refractivity (Wildman–Crippen MR) is 94.5 cm³/mol. The molecule has 27 heavy (non-hydrogen) atoms. The zero-order chi connectivity index (χ0) is 20.2. The molecule has 2 aromatic rings. The molecule has 2 rings (SSSR count). The second-order valence-corrected chi connectivity index (χ2v) is 6.07. The van der Waals surface area contributed by atoms with Crippen molar-refractivity contribution in [1.82, 2.24) is 5.32 Å². The van der Waals surface area contributed by atoms with Gasteiger partial charge in [-0.3, -0.25) is 14.9 Å². The second-order valence-electron chi connectivity index (χ2n) is 5.66. The molecule has 2 aromatic carbocycles. The number of nitro groups is 1. The lowest BCUT2D eigenvalue weighted by molar-refractivity contribution is -0.384. The van der Waals surface area contributed by atoms with Crippen LogP contribution in [0, 0.1) is 10.1 Å². The van der Waals surface area contributed by atoms with Gasteiger partial charge >= 0.3 is 6.18 Å². The third kappa shape index (κ3) is 5.33. The normalized spacial score (nSPS) is 12.3. The van der Waals surface area contributed by atoms with Gasteiger partial charge in [0.1, 0.15) is 11.7 Å². The molecule has 0 unspecified atom stereocenters. The number of carbonyl (C=O) groups excluding carboxylic acids is 1. The topological polar surface area (TPSA) is 84.3 Å². The van der Waals surface area contributed by atoms with Crippen LogP contribution in [0.1, 0.15) is 18.1 Å². The Bertz CT molecular complexity index is 859. The molecule has 0 aliphatic rings. The highest BCUT2D eigenvalue weighted by molar-refractivity contribution is 6.31. The first-order valence-corrected chi connectivity index (χ1v) is 8.10. The molecule has 144 valence electrons. The average Bonchev–Trinajstić information content (AvgIpc) is 2.59. The Balaban J connectivity index is 2.10. The van der Waals surface area contributed by atoms with Crippen molar-refractivity contribution in [1.29, 1.82) is 0 Å². The van der Waals surface area contributed by atoms with Crippen molar-refractivity contribution < 1.29 is 22.9 Å².